The third-order valence-corrected chi connectivity index (χ3v) is 5.63. The Bertz CT molecular complexity index is 857. The number of nitrogens with one attached hydrogen (secondary N) is 2. The summed E-state index contributed by atoms with van der Waals surface area (Å²) in [6.45, 7) is 0.499. The molecular weight excluding hydrogens is 392 g/mol. The molecule has 0 spiro atoms. The molecule has 9 heteroatoms. The van der Waals surface area contributed by atoms with E-state index >= 15 is 0 Å². The normalized spacial score (nSPS) is 16.7. The van der Waals surface area contributed by atoms with Gasteiger partial charge in [-0.25, -0.2) is 14.6 Å². The Labute approximate surface area is 174 Å². The fourth-order valence-electron chi connectivity index (χ4n) is 3.50. The van der Waals surface area contributed by atoms with Crippen molar-refractivity contribution in [1.29, 1.82) is 0 Å². The van der Waals surface area contributed by atoms with Crippen molar-refractivity contribution in [1.82, 2.24) is 20.2 Å². The molecule has 29 heavy (non-hydrogen) atoms. The lowest BCUT2D eigenvalue weighted by molar-refractivity contribution is -0.142. The number of aromatic amines is 1. The number of rotatable bonds is 7. The summed E-state index contributed by atoms with van der Waals surface area (Å²) in [6.07, 6.45) is 4.77. The molecule has 3 rings (SSSR count). The van der Waals surface area contributed by atoms with Gasteiger partial charge in [-0.15, -0.1) is 0 Å². The van der Waals surface area contributed by atoms with Crippen LogP contribution in [-0.2, 0) is 16.0 Å². The summed E-state index contributed by atoms with van der Waals surface area (Å²) in [7, 11) is 2.94. The van der Waals surface area contributed by atoms with E-state index < -0.39 is 12.0 Å². The van der Waals surface area contributed by atoms with Crippen molar-refractivity contribution in [3.05, 3.63) is 47.5 Å². The monoisotopic (exact) mass is 418 g/mol. The van der Waals surface area contributed by atoms with Crippen LogP contribution in [0, 0.1) is 0 Å². The summed E-state index contributed by atoms with van der Waals surface area (Å²) in [5.41, 5.74) is 2.71. The topological polar surface area (TPSA) is 96.6 Å². The number of ether oxygens (including phenoxy) is 2. The second kappa shape index (κ2) is 9.69. The Kier molecular flexibility index (Phi) is 7.03. The van der Waals surface area contributed by atoms with Crippen molar-refractivity contribution in [3.8, 4) is 5.75 Å². The lowest BCUT2D eigenvalue weighted by Gasteiger charge is -2.36. The number of esters is 1. The van der Waals surface area contributed by atoms with Gasteiger partial charge in [0.05, 0.1) is 26.2 Å². The maximum absolute atomic E-state index is 13.2. The highest BCUT2D eigenvalue weighted by Crippen LogP contribution is 2.34. The van der Waals surface area contributed by atoms with Gasteiger partial charge in [-0.05, 0) is 36.1 Å². The molecule has 0 fully saturated rings. The molecule has 1 aliphatic heterocycles. The van der Waals surface area contributed by atoms with Crippen LogP contribution in [0.5, 0.6) is 5.75 Å². The van der Waals surface area contributed by atoms with Crippen molar-refractivity contribution < 1.29 is 19.1 Å². The van der Waals surface area contributed by atoms with Crippen LogP contribution in [0.15, 0.2) is 30.6 Å². The molecule has 2 aromatic rings. The number of aromatic nitrogens is 2. The van der Waals surface area contributed by atoms with E-state index in [1.807, 2.05) is 30.5 Å². The number of carbonyl (C=O) groups is 2. The summed E-state index contributed by atoms with van der Waals surface area (Å²) in [5.74, 6) is 1.00. The van der Waals surface area contributed by atoms with E-state index in [1.165, 1.54) is 7.11 Å². The molecule has 0 saturated heterocycles. The van der Waals surface area contributed by atoms with E-state index in [0.29, 0.717) is 25.1 Å². The molecule has 0 radical (unpaired) electrons. The molecule has 0 bridgehead atoms. The quantitative estimate of drug-likeness (QED) is 0.670. The highest BCUT2D eigenvalue weighted by atomic mass is 32.2. The predicted octanol–water partition coefficient (Wildman–Crippen LogP) is 2.37. The molecular formula is C20H26N4O4S. The Morgan fingerprint density at radius 2 is 2.24 bits per heavy atom. The average Bonchev–Trinajstić information content (AvgIpc) is 3.24. The Hall–Kier alpha value is -2.68. The van der Waals surface area contributed by atoms with Crippen LogP contribution >= 0.6 is 11.8 Å². The summed E-state index contributed by atoms with van der Waals surface area (Å²) in [6, 6.07) is 6.22. The summed E-state index contributed by atoms with van der Waals surface area (Å²) in [4.78, 5) is 34.7. The molecule has 2 N–H and O–H groups in total. The first-order valence-corrected chi connectivity index (χ1v) is 10.8. The summed E-state index contributed by atoms with van der Waals surface area (Å²) >= 11 is 1.61. The van der Waals surface area contributed by atoms with Gasteiger partial charge in [0.2, 0.25) is 0 Å². The Balaban J connectivity index is 1.89. The first kappa shape index (κ1) is 21.0. The van der Waals surface area contributed by atoms with Gasteiger partial charge in [0.15, 0.2) is 0 Å². The molecule has 0 saturated carbocycles. The number of hydrogen-bond acceptors (Lipinski definition) is 6. The van der Waals surface area contributed by atoms with E-state index in [-0.39, 0.29) is 12.1 Å². The van der Waals surface area contributed by atoms with Crippen LogP contribution in [-0.4, -0.2) is 65.7 Å². The molecule has 1 aromatic heterocycles. The molecule has 1 aromatic carbocycles. The molecule has 2 atom stereocenters. The van der Waals surface area contributed by atoms with Gasteiger partial charge < -0.3 is 24.7 Å². The number of imidazole rings is 1. The Morgan fingerprint density at radius 1 is 1.41 bits per heavy atom. The number of carbonyl (C=O) groups excluding carboxylic acids is 2. The zero-order valence-corrected chi connectivity index (χ0v) is 17.6. The fourth-order valence-corrected chi connectivity index (χ4v) is 3.97. The van der Waals surface area contributed by atoms with Crippen molar-refractivity contribution in [2.24, 2.45) is 0 Å². The van der Waals surface area contributed by atoms with Crippen LogP contribution in [0.1, 0.15) is 29.4 Å². The number of fused-ring (bicyclic) bond motifs is 1. The van der Waals surface area contributed by atoms with Crippen LogP contribution < -0.4 is 10.1 Å². The van der Waals surface area contributed by atoms with Gasteiger partial charge in [0.1, 0.15) is 17.8 Å². The van der Waals surface area contributed by atoms with Crippen LogP contribution in [0.3, 0.4) is 0 Å². The van der Waals surface area contributed by atoms with E-state index in [0.717, 1.165) is 22.7 Å². The van der Waals surface area contributed by atoms with Gasteiger partial charge in [0, 0.05) is 18.7 Å². The first-order chi connectivity index (χ1) is 14.1. The second-order valence-electron chi connectivity index (χ2n) is 6.70. The van der Waals surface area contributed by atoms with E-state index in [9.17, 15) is 9.59 Å². The van der Waals surface area contributed by atoms with Gasteiger partial charge >= 0.3 is 12.0 Å². The van der Waals surface area contributed by atoms with Crippen LogP contribution in [0.4, 0.5) is 4.79 Å². The van der Waals surface area contributed by atoms with E-state index in [2.05, 4.69) is 15.3 Å². The molecule has 2 heterocycles. The standard InChI is InChI=1S/C20H26N4O4S/c1-27-14-6-4-5-13(11-14)18-17-15(21-12-22-17)7-9-24(18)20(26)23-16(8-10-29-3)19(25)28-2/h4-6,11-12,16,18H,7-10H2,1-3H3,(H,21,22)(H,23,26)/t16-,18-/m0/s1. The number of benzene rings is 1. The Morgan fingerprint density at radius 3 is 2.97 bits per heavy atom. The maximum Gasteiger partial charge on any atom is 0.328 e. The lowest BCUT2D eigenvalue weighted by atomic mass is 9.95. The zero-order chi connectivity index (χ0) is 20.8. The highest BCUT2D eigenvalue weighted by Gasteiger charge is 2.35. The van der Waals surface area contributed by atoms with Crippen molar-refractivity contribution in [3.63, 3.8) is 0 Å². The number of H-pyrrole nitrogens is 1. The minimum atomic E-state index is -0.688. The van der Waals surface area contributed by atoms with Gasteiger partial charge in [-0.3, -0.25) is 0 Å². The SMILES string of the molecule is COC(=O)[C@H](CCSC)NC(=O)N1CCc2[nH]cnc2[C@@H]1c1cccc(OC)c1. The smallest absolute Gasteiger partial charge is 0.328 e. The van der Waals surface area contributed by atoms with Gasteiger partial charge in [-0.1, -0.05) is 12.1 Å². The largest absolute Gasteiger partial charge is 0.497 e. The summed E-state index contributed by atoms with van der Waals surface area (Å²) in [5, 5.41) is 2.85. The summed E-state index contributed by atoms with van der Waals surface area (Å²) < 4.78 is 10.2. The molecule has 156 valence electrons. The fraction of sp³-hybridized carbons (Fsp3) is 0.450. The lowest BCUT2D eigenvalue weighted by Crippen LogP contribution is -2.51. The maximum atomic E-state index is 13.2. The van der Waals surface area contributed by atoms with Crippen molar-refractivity contribution in [2.75, 3.05) is 32.8 Å². The molecule has 8 nitrogen and oxygen atoms in total. The van der Waals surface area contributed by atoms with E-state index in [4.69, 9.17) is 9.47 Å². The van der Waals surface area contributed by atoms with Crippen molar-refractivity contribution in [2.45, 2.75) is 24.9 Å². The third kappa shape index (κ3) is 4.67. The number of thioether (sulfide) groups is 1. The van der Waals surface area contributed by atoms with Crippen molar-refractivity contribution >= 4 is 23.8 Å². The molecule has 1 aliphatic rings. The molecule has 2 amide bonds. The second-order valence-corrected chi connectivity index (χ2v) is 7.68. The van der Waals surface area contributed by atoms with Crippen LogP contribution in [0.2, 0.25) is 0 Å². The number of hydrogen-bond donors (Lipinski definition) is 2. The third-order valence-electron chi connectivity index (χ3n) is 4.99. The predicted molar refractivity (Wildman–Crippen MR) is 111 cm³/mol. The minimum absolute atomic E-state index is 0.317. The number of nitrogens with zero attached hydrogens (tertiary/aromatic N) is 2. The van der Waals surface area contributed by atoms with Crippen LogP contribution in [0.25, 0.3) is 0 Å². The highest BCUT2D eigenvalue weighted by molar-refractivity contribution is 7.98. The number of methoxy groups -OCH3 is 2. The number of amides is 2. The number of urea groups is 1. The first-order valence-electron chi connectivity index (χ1n) is 9.39. The zero-order valence-electron chi connectivity index (χ0n) is 16.8. The van der Waals surface area contributed by atoms with E-state index in [1.54, 1.807) is 30.1 Å². The van der Waals surface area contributed by atoms with Gasteiger partial charge in [-0.2, -0.15) is 11.8 Å². The minimum Gasteiger partial charge on any atom is -0.497 e. The molecule has 0 unspecified atom stereocenters. The van der Waals surface area contributed by atoms with Gasteiger partial charge in [0.25, 0.3) is 0 Å². The average molecular weight is 419 g/mol. The molecule has 0 aliphatic carbocycles.